The summed E-state index contributed by atoms with van der Waals surface area (Å²) in [5.41, 5.74) is 0. The second kappa shape index (κ2) is 11.0. The third-order valence-corrected chi connectivity index (χ3v) is 5.94. The SMILES string of the molecule is CC(C)CCC(=O)CCCC(C)[C@H](C)[C@@H](C)C[C@H]1C=CCCC1.[HH]. The molecule has 1 aliphatic rings. The molecule has 1 heteroatoms. The number of rotatable bonds is 11. The molecule has 1 rings (SSSR count). The molecule has 0 N–H and O–H groups in total. The van der Waals surface area contributed by atoms with Crippen LogP contribution in [-0.4, -0.2) is 5.78 Å². The zero-order chi connectivity index (χ0) is 17.2. The molecule has 0 aromatic heterocycles. The number of Topliss-reactive ketones (excluding diaryl/α,β-unsaturated/α-hetero) is 1. The van der Waals surface area contributed by atoms with Crippen LogP contribution < -0.4 is 0 Å². The highest BCUT2D eigenvalue weighted by molar-refractivity contribution is 5.78. The fraction of sp³-hybridized carbons (Fsp3) is 0.864. The Bertz CT molecular complexity index is 361. The van der Waals surface area contributed by atoms with Crippen molar-refractivity contribution in [1.29, 1.82) is 0 Å². The van der Waals surface area contributed by atoms with Crippen molar-refractivity contribution in [2.75, 3.05) is 0 Å². The molecule has 0 aliphatic heterocycles. The highest BCUT2D eigenvalue weighted by Crippen LogP contribution is 2.32. The molecule has 0 aromatic carbocycles. The maximum Gasteiger partial charge on any atom is 0.132 e. The topological polar surface area (TPSA) is 17.1 Å². The average Bonchev–Trinajstić information content (AvgIpc) is 2.53. The van der Waals surface area contributed by atoms with Crippen LogP contribution in [0.25, 0.3) is 0 Å². The van der Waals surface area contributed by atoms with Gasteiger partial charge in [-0.1, -0.05) is 53.2 Å². The first kappa shape index (κ1) is 20.5. The minimum absolute atomic E-state index is 0. The van der Waals surface area contributed by atoms with Crippen LogP contribution in [0, 0.1) is 29.6 Å². The smallest absolute Gasteiger partial charge is 0.132 e. The molecule has 0 bridgehead atoms. The van der Waals surface area contributed by atoms with E-state index in [-0.39, 0.29) is 1.43 Å². The summed E-state index contributed by atoms with van der Waals surface area (Å²) in [4.78, 5) is 11.9. The van der Waals surface area contributed by atoms with Gasteiger partial charge in [-0.15, -0.1) is 0 Å². The molecule has 0 spiro atoms. The summed E-state index contributed by atoms with van der Waals surface area (Å²) in [5, 5.41) is 0. The molecule has 0 radical (unpaired) electrons. The lowest BCUT2D eigenvalue weighted by molar-refractivity contribution is -0.119. The van der Waals surface area contributed by atoms with E-state index < -0.39 is 0 Å². The molecule has 0 saturated carbocycles. The predicted octanol–water partition coefficient (Wildman–Crippen LogP) is 7.06. The molecule has 0 fully saturated rings. The van der Waals surface area contributed by atoms with Crippen molar-refractivity contribution in [2.24, 2.45) is 29.6 Å². The zero-order valence-electron chi connectivity index (χ0n) is 16.3. The summed E-state index contributed by atoms with van der Waals surface area (Å²) in [5.74, 6) is 4.21. The molecule has 0 aromatic rings. The lowest BCUT2D eigenvalue weighted by Crippen LogP contribution is -2.20. The van der Waals surface area contributed by atoms with Crippen LogP contribution in [0.15, 0.2) is 12.2 Å². The van der Waals surface area contributed by atoms with E-state index in [0.29, 0.717) is 11.7 Å². The average molecular weight is 323 g/mol. The van der Waals surface area contributed by atoms with Crippen molar-refractivity contribution in [2.45, 2.75) is 92.4 Å². The van der Waals surface area contributed by atoms with E-state index in [9.17, 15) is 4.79 Å². The van der Waals surface area contributed by atoms with Gasteiger partial charge in [-0.3, -0.25) is 4.79 Å². The van der Waals surface area contributed by atoms with Gasteiger partial charge in [-0.25, -0.2) is 0 Å². The summed E-state index contributed by atoms with van der Waals surface area (Å²) in [6.45, 7) is 11.6. The van der Waals surface area contributed by atoms with Crippen LogP contribution in [0.2, 0.25) is 0 Å². The number of hydrogen-bond acceptors (Lipinski definition) is 1. The standard InChI is InChI=1S/C22H40O.H2/c1-17(2)14-15-22(23)13-9-10-18(3)20(5)19(4)16-21-11-7-6-8-12-21;/h7,11,17-21H,6,8-10,12-16H2,1-5H3;1H/t18?,19-,20-,21-;/m0./s1. The molecular weight excluding hydrogens is 280 g/mol. The Kier molecular flexibility index (Phi) is 9.83. The highest BCUT2D eigenvalue weighted by Gasteiger charge is 2.22. The van der Waals surface area contributed by atoms with Gasteiger partial charge in [0.25, 0.3) is 0 Å². The molecule has 0 amide bonds. The summed E-state index contributed by atoms with van der Waals surface area (Å²) in [6, 6.07) is 0. The van der Waals surface area contributed by atoms with Gasteiger partial charge in [0.05, 0.1) is 0 Å². The maximum absolute atomic E-state index is 11.9. The van der Waals surface area contributed by atoms with Crippen LogP contribution in [0.1, 0.15) is 93.8 Å². The van der Waals surface area contributed by atoms with E-state index in [1.807, 2.05) is 0 Å². The van der Waals surface area contributed by atoms with Gasteiger partial charge < -0.3 is 0 Å². The fourth-order valence-corrected chi connectivity index (χ4v) is 3.79. The van der Waals surface area contributed by atoms with Crippen molar-refractivity contribution in [1.82, 2.24) is 0 Å². The van der Waals surface area contributed by atoms with Gasteiger partial charge in [0.1, 0.15) is 5.78 Å². The minimum atomic E-state index is 0. The van der Waals surface area contributed by atoms with E-state index in [2.05, 4.69) is 46.8 Å². The number of carbonyl (C=O) groups excluding carboxylic acids is 1. The molecule has 1 unspecified atom stereocenters. The van der Waals surface area contributed by atoms with Crippen LogP contribution in [0.5, 0.6) is 0 Å². The summed E-state index contributed by atoms with van der Waals surface area (Å²) in [6.07, 6.45) is 15.1. The highest BCUT2D eigenvalue weighted by atomic mass is 16.1. The molecule has 0 saturated heterocycles. The first-order valence-corrected chi connectivity index (χ1v) is 10.1. The van der Waals surface area contributed by atoms with Crippen molar-refractivity contribution in [3.05, 3.63) is 12.2 Å². The first-order valence-electron chi connectivity index (χ1n) is 10.1. The van der Waals surface area contributed by atoms with E-state index in [0.717, 1.165) is 49.4 Å². The number of allylic oxidation sites excluding steroid dienone is 2. The van der Waals surface area contributed by atoms with Gasteiger partial charge in [0.15, 0.2) is 0 Å². The Labute approximate surface area is 146 Å². The normalized spacial score (nSPS) is 22.1. The van der Waals surface area contributed by atoms with Crippen LogP contribution in [-0.2, 0) is 4.79 Å². The second-order valence-corrected chi connectivity index (χ2v) is 8.53. The fourth-order valence-electron chi connectivity index (χ4n) is 3.79. The number of ketones is 1. The lowest BCUT2D eigenvalue weighted by atomic mass is 9.76. The Balaban J connectivity index is 0.00000529. The minimum Gasteiger partial charge on any atom is -0.300 e. The molecule has 23 heavy (non-hydrogen) atoms. The Hall–Kier alpha value is -0.590. The Morgan fingerprint density at radius 1 is 1.09 bits per heavy atom. The first-order chi connectivity index (χ1) is 10.9. The summed E-state index contributed by atoms with van der Waals surface area (Å²) in [7, 11) is 0. The van der Waals surface area contributed by atoms with E-state index in [1.54, 1.807) is 0 Å². The molecule has 1 aliphatic carbocycles. The predicted molar refractivity (Wildman–Crippen MR) is 104 cm³/mol. The largest absolute Gasteiger partial charge is 0.300 e. The molecule has 136 valence electrons. The quantitative estimate of drug-likeness (QED) is 0.372. The van der Waals surface area contributed by atoms with Crippen LogP contribution in [0.4, 0.5) is 0 Å². The summed E-state index contributed by atoms with van der Waals surface area (Å²) >= 11 is 0. The van der Waals surface area contributed by atoms with Crippen molar-refractivity contribution in [3.63, 3.8) is 0 Å². The molecule has 1 nitrogen and oxygen atoms in total. The van der Waals surface area contributed by atoms with E-state index in [1.165, 1.54) is 32.1 Å². The van der Waals surface area contributed by atoms with Crippen molar-refractivity contribution >= 4 is 5.78 Å². The van der Waals surface area contributed by atoms with Gasteiger partial charge in [-0.05, 0) is 68.1 Å². The second-order valence-electron chi connectivity index (χ2n) is 8.53. The number of carbonyl (C=O) groups is 1. The van der Waals surface area contributed by atoms with Gasteiger partial charge >= 0.3 is 0 Å². The molecule has 4 atom stereocenters. The monoisotopic (exact) mass is 322 g/mol. The van der Waals surface area contributed by atoms with Crippen molar-refractivity contribution < 1.29 is 6.22 Å². The van der Waals surface area contributed by atoms with Gasteiger partial charge in [0.2, 0.25) is 0 Å². The van der Waals surface area contributed by atoms with Gasteiger partial charge in [-0.2, -0.15) is 0 Å². The third kappa shape index (κ3) is 8.72. The maximum atomic E-state index is 11.9. The van der Waals surface area contributed by atoms with E-state index >= 15 is 0 Å². The Morgan fingerprint density at radius 3 is 2.43 bits per heavy atom. The van der Waals surface area contributed by atoms with Crippen molar-refractivity contribution in [3.8, 4) is 0 Å². The molecular formula is C22H42O. The Morgan fingerprint density at radius 2 is 1.83 bits per heavy atom. The zero-order valence-corrected chi connectivity index (χ0v) is 16.3. The van der Waals surface area contributed by atoms with Gasteiger partial charge in [0, 0.05) is 14.3 Å². The third-order valence-electron chi connectivity index (χ3n) is 5.94. The number of hydrogen-bond donors (Lipinski definition) is 0. The summed E-state index contributed by atoms with van der Waals surface area (Å²) < 4.78 is 0. The van der Waals surface area contributed by atoms with Crippen LogP contribution in [0.3, 0.4) is 0 Å². The molecule has 0 heterocycles. The van der Waals surface area contributed by atoms with Crippen LogP contribution >= 0.6 is 0 Å². The van der Waals surface area contributed by atoms with E-state index in [4.69, 9.17) is 0 Å². The lowest BCUT2D eigenvalue weighted by Gasteiger charge is -2.29.